The van der Waals surface area contributed by atoms with Crippen LogP contribution in [-0.4, -0.2) is 189 Å². The molecule has 0 unspecified atom stereocenters. The first-order chi connectivity index (χ1) is 53.9. The number of phenolic OH excluding ortho intramolecular Hbond substituents is 1. The van der Waals surface area contributed by atoms with Crippen molar-refractivity contribution in [2.24, 2.45) is 16.6 Å². The van der Waals surface area contributed by atoms with E-state index in [1.165, 1.54) is 43.0 Å². The predicted octanol–water partition coefficient (Wildman–Crippen LogP) is 3.70. The Hall–Kier alpha value is -11.8. The van der Waals surface area contributed by atoms with E-state index < -0.39 is 132 Å². The van der Waals surface area contributed by atoms with Crippen molar-refractivity contribution in [2.45, 2.75) is 165 Å². The van der Waals surface area contributed by atoms with Crippen LogP contribution in [-0.2, 0) is 84.8 Å². The Balaban J connectivity index is 0.906. The number of para-hydroxylation sites is 2. The number of aliphatic imine (C=N–C) groups is 1. The summed E-state index contributed by atoms with van der Waals surface area (Å²) < 4.78 is 0. The highest BCUT2D eigenvalue weighted by Gasteiger charge is 2.41. The van der Waals surface area contributed by atoms with E-state index in [0.29, 0.717) is 87.4 Å². The molecule has 112 heavy (non-hydrogen) atoms. The molecule has 8 aromatic rings. The number of rotatable bonds is 37. The van der Waals surface area contributed by atoms with E-state index in [0.717, 1.165) is 29.3 Å². The zero-order valence-corrected chi connectivity index (χ0v) is 63.8. The number of aliphatic hydroxyl groups excluding tert-OH is 1. The molecule has 4 heterocycles. The summed E-state index contributed by atoms with van der Waals surface area (Å²) in [7, 11) is 0. The first-order valence-corrected chi connectivity index (χ1v) is 38.3. The largest absolute Gasteiger partial charge is 0.508 e. The summed E-state index contributed by atoms with van der Waals surface area (Å²) in [6.07, 6.45) is 5.31. The van der Waals surface area contributed by atoms with Gasteiger partial charge in [0.1, 0.15) is 66.2 Å². The van der Waals surface area contributed by atoms with Gasteiger partial charge in [-0.15, -0.1) is 0 Å². The van der Waals surface area contributed by atoms with Crippen LogP contribution in [0.25, 0.3) is 32.6 Å². The van der Waals surface area contributed by atoms with Gasteiger partial charge in [-0.2, -0.15) is 0 Å². The number of hydrogen-bond acceptors (Lipinski definition) is 16. The van der Waals surface area contributed by atoms with Crippen LogP contribution in [0.15, 0.2) is 157 Å². The third-order valence-corrected chi connectivity index (χ3v) is 20.2. The van der Waals surface area contributed by atoms with Gasteiger partial charge in [0.2, 0.25) is 65.0 Å². The fourth-order valence-corrected chi connectivity index (χ4v) is 14.1. The summed E-state index contributed by atoms with van der Waals surface area (Å²) in [6.45, 7) is 7.42. The highest BCUT2D eigenvalue weighted by Crippen LogP contribution is 2.25. The number of nitrogens with zero attached hydrogens (tertiary/aromatic N) is 2. The minimum absolute atomic E-state index is 0.0375. The molecule has 17 N–H and O–H groups in total. The summed E-state index contributed by atoms with van der Waals surface area (Å²) in [5, 5.41) is 56.5. The third-order valence-electron chi connectivity index (χ3n) is 19.9. The maximum atomic E-state index is 15.4. The van der Waals surface area contributed by atoms with Crippen LogP contribution < -0.4 is 64.2 Å². The van der Waals surface area contributed by atoms with E-state index in [-0.39, 0.29) is 69.6 Å². The van der Waals surface area contributed by atoms with Gasteiger partial charge < -0.3 is 89.3 Å². The van der Waals surface area contributed by atoms with Gasteiger partial charge in [0.05, 0.1) is 6.61 Å². The van der Waals surface area contributed by atoms with Crippen LogP contribution in [0.5, 0.6) is 5.75 Å². The van der Waals surface area contributed by atoms with E-state index in [2.05, 4.69) is 73.4 Å². The maximum absolute atomic E-state index is 15.4. The first-order valence-electron chi connectivity index (χ1n) is 37.9. The van der Waals surface area contributed by atoms with Crippen LogP contribution in [0, 0.1) is 5.92 Å². The van der Waals surface area contributed by atoms with Gasteiger partial charge in [0.15, 0.2) is 5.96 Å². The molecular formula is C82H99ClN16O13. The fraction of sp³-hybridized carbons (Fsp3) is 0.390. The fourth-order valence-electron chi connectivity index (χ4n) is 13.9. The number of aromatic hydroxyl groups is 1. The zero-order valence-electron chi connectivity index (χ0n) is 63.0. The summed E-state index contributed by atoms with van der Waals surface area (Å²) in [6, 6.07) is 26.5. The van der Waals surface area contributed by atoms with Crippen LogP contribution >= 0.6 is 11.6 Å². The monoisotopic (exact) mass is 1550 g/mol. The number of unbranched alkanes of at least 4 members (excludes halogenated alkanes) is 1. The number of benzene rings is 6. The Morgan fingerprint density at radius 2 is 1.03 bits per heavy atom. The van der Waals surface area contributed by atoms with Crippen molar-refractivity contribution in [3.8, 4) is 5.75 Å². The number of likely N-dealkylation sites (tertiary alicyclic amines) is 1. The quantitative estimate of drug-likeness (QED) is 0.0247. The molecule has 0 bridgehead atoms. The van der Waals surface area contributed by atoms with Crippen molar-refractivity contribution < 1.29 is 63.0 Å². The number of aliphatic hydroxyl groups is 1. The first kappa shape index (κ1) is 82.6. The SMILES string of the molecule is CC(=O)N[C@H](Cc1ccc2ccccc2c1)C(=O)N[C@@H](Cc1ccc(Cl)cc1)C(=O)N[C@H](Cc1c[nH]c2ccccc12)C(=O)N[C@@H](CO)C(=O)N[C@@H](Cc1ccc(O)cc1)C(=O)N[C@H](Cc1c[nH]c2ccccc12)C(=O)N[C@@H](CC(C)C)C(=O)N[C@@H](CCCCNC1=NCCCN1)C(=O)N1CCC[C@H]1C(=O)N[C@H](C)C(N)=O. The van der Waals surface area contributed by atoms with E-state index in [9.17, 15) is 39.0 Å². The van der Waals surface area contributed by atoms with E-state index in [1.54, 1.807) is 54.9 Å². The van der Waals surface area contributed by atoms with Crippen molar-refractivity contribution >= 4 is 115 Å². The number of carbonyl (C=O) groups excluding carboxylic acids is 11. The molecule has 2 aliphatic rings. The molecule has 1 saturated heterocycles. The van der Waals surface area contributed by atoms with Gasteiger partial charge in [0, 0.05) is 104 Å². The number of aromatic amines is 2. The van der Waals surface area contributed by atoms with Crippen molar-refractivity contribution in [1.82, 2.24) is 73.4 Å². The molecule has 29 nitrogen and oxygen atoms in total. The van der Waals surface area contributed by atoms with Crippen LogP contribution in [0.1, 0.15) is 100 Å². The summed E-state index contributed by atoms with van der Waals surface area (Å²) in [5.41, 5.74) is 9.69. The molecule has 30 heteroatoms. The Labute approximate surface area is 653 Å². The third kappa shape index (κ3) is 23.1. The maximum Gasteiger partial charge on any atom is 0.245 e. The number of nitrogens with one attached hydrogen (secondary N) is 13. The van der Waals surface area contributed by atoms with Gasteiger partial charge >= 0.3 is 0 Å². The molecular weight excluding hydrogens is 1450 g/mol. The Kier molecular flexibility index (Phi) is 29.3. The Bertz CT molecular complexity index is 4700. The van der Waals surface area contributed by atoms with Crippen molar-refractivity contribution in [3.05, 3.63) is 185 Å². The van der Waals surface area contributed by atoms with Gasteiger partial charge in [0.25, 0.3) is 0 Å². The summed E-state index contributed by atoms with van der Waals surface area (Å²) in [5.74, 6) is -8.24. The van der Waals surface area contributed by atoms with Gasteiger partial charge in [-0.25, -0.2) is 0 Å². The molecule has 10 rings (SSSR count). The number of H-pyrrole nitrogens is 2. The second kappa shape index (κ2) is 39.7. The number of nitrogens with two attached hydrogens (primary N) is 1. The molecule has 2 aliphatic heterocycles. The lowest BCUT2D eigenvalue weighted by Crippen LogP contribution is -2.62. The molecule has 0 aliphatic carbocycles. The Morgan fingerprint density at radius 3 is 1.57 bits per heavy atom. The minimum atomic E-state index is -1.83. The molecule has 0 radical (unpaired) electrons. The smallest absolute Gasteiger partial charge is 0.245 e. The summed E-state index contributed by atoms with van der Waals surface area (Å²) in [4.78, 5) is 171. The summed E-state index contributed by atoms with van der Waals surface area (Å²) >= 11 is 6.30. The molecule has 11 amide bonds. The molecule has 6 aromatic carbocycles. The van der Waals surface area contributed by atoms with Crippen molar-refractivity contribution in [2.75, 3.05) is 32.8 Å². The van der Waals surface area contributed by atoms with E-state index in [4.69, 9.17) is 17.3 Å². The van der Waals surface area contributed by atoms with Gasteiger partial charge in [-0.1, -0.05) is 129 Å². The van der Waals surface area contributed by atoms with Crippen molar-refractivity contribution in [3.63, 3.8) is 0 Å². The van der Waals surface area contributed by atoms with Gasteiger partial charge in [-0.3, -0.25) is 57.7 Å². The molecule has 10 atom stereocenters. The second-order valence-corrected chi connectivity index (χ2v) is 29.4. The van der Waals surface area contributed by atoms with Crippen molar-refractivity contribution in [1.29, 1.82) is 0 Å². The van der Waals surface area contributed by atoms with Crippen LogP contribution in [0.2, 0.25) is 5.02 Å². The molecule has 2 aromatic heterocycles. The standard InChI is InChI=1S/C82H99ClN16O13/c1-47(2)37-64(73(104)92-63(21-11-12-33-85-82-86-34-14-35-87-82)81(112)99-36-13-22-71(99)80(111)90-48(3)72(84)103)93-77(108)68(42-55-44-88-61-19-9-7-17-59(55)61)96-76(107)67(40-51-26-31-58(102)32-27-51)95-79(110)70(46-100)98-78(109)69(43-56-45-89-62-20-10-8-18-60(56)62)97-75(106)66(39-50-24-29-57(83)30-25-50)94-74(105)65(91-49(4)101)41-52-23-28-53-15-5-6-16-54(53)38-52/h5-10,15-20,23-32,38,44-45,47-48,63-71,88-89,100,102H,11-14,21-22,33-37,39-43,46H2,1-4H3,(H2,84,103)(H,90,111)(H,91,101)(H,92,104)(H,93,108)(H,94,105)(H,95,110)(H,96,107)(H,97,106)(H,98,109)(H2,85,86,87)/t48-,63+,64+,65-,66+,67+,68-,69-,70+,71+/m1/s1. The lowest BCUT2D eigenvalue weighted by atomic mass is 9.99. The lowest BCUT2D eigenvalue weighted by Gasteiger charge is -2.31. The lowest BCUT2D eigenvalue weighted by molar-refractivity contribution is -0.142. The highest BCUT2D eigenvalue weighted by molar-refractivity contribution is 6.30. The number of phenols is 1. The number of halogens is 1. The Morgan fingerprint density at radius 1 is 0.545 bits per heavy atom. The number of carbonyl (C=O) groups is 11. The van der Waals surface area contributed by atoms with Gasteiger partial charge in [-0.05, 0) is 133 Å². The number of amides is 11. The van der Waals surface area contributed by atoms with Crippen LogP contribution in [0.4, 0.5) is 0 Å². The average Bonchev–Trinajstić information content (AvgIpc) is 1.67. The molecule has 0 saturated carbocycles. The topological polar surface area (TPSA) is 434 Å². The number of primary amides is 1. The minimum Gasteiger partial charge on any atom is -0.508 e. The molecule has 0 spiro atoms. The molecule has 592 valence electrons. The average molecular weight is 1550 g/mol. The van der Waals surface area contributed by atoms with E-state index in [1.807, 2.05) is 86.6 Å². The number of aromatic nitrogens is 2. The highest BCUT2D eigenvalue weighted by atomic mass is 35.5. The number of fused-ring (bicyclic) bond motifs is 3. The van der Waals surface area contributed by atoms with Crippen LogP contribution in [0.3, 0.4) is 0 Å². The molecule has 1 fully saturated rings. The normalized spacial score (nSPS) is 15.8. The van der Waals surface area contributed by atoms with E-state index >= 15 is 24.0 Å². The zero-order chi connectivity index (χ0) is 80.0. The number of hydrogen-bond donors (Lipinski definition) is 16. The number of guanidine groups is 1. The second-order valence-electron chi connectivity index (χ2n) is 29.0. The predicted molar refractivity (Wildman–Crippen MR) is 425 cm³/mol.